The number of nitrogens with zero attached hydrogens (tertiary/aromatic N) is 5. The second-order valence-corrected chi connectivity index (χ2v) is 29.7. The van der Waals surface area contributed by atoms with E-state index >= 15 is 0 Å². The average molecular weight is 1110 g/mol. The van der Waals surface area contributed by atoms with E-state index in [4.69, 9.17) is 0 Å². The second kappa shape index (κ2) is 18.3. The molecule has 0 atom stereocenters. The van der Waals surface area contributed by atoms with Crippen molar-refractivity contribution in [3.8, 4) is 22.7 Å². The molecule has 0 spiro atoms. The number of para-hydroxylation sites is 8. The number of benzene rings is 12. The summed E-state index contributed by atoms with van der Waals surface area (Å²) in [4.78, 5) is 3.65. The fraction of sp³-hybridized carbons (Fsp3) is 0.0769. The molecule has 18 rings (SSSR count). The van der Waals surface area contributed by atoms with Gasteiger partial charge in [0.15, 0.2) is 8.24 Å². The number of H-pyrrole nitrogens is 1. The van der Waals surface area contributed by atoms with E-state index in [1.54, 1.807) is 0 Å². The molecule has 0 bridgehead atoms. The largest absolute Gasteiger partial charge is 0.368 e. The van der Waals surface area contributed by atoms with Gasteiger partial charge in [-0.15, -0.1) is 0 Å². The first-order chi connectivity index (χ1) is 41.6. The van der Waals surface area contributed by atoms with Crippen LogP contribution >= 0.6 is 0 Å². The number of nitrogens with one attached hydrogen (secondary N) is 1. The van der Waals surface area contributed by atoms with Crippen molar-refractivity contribution in [2.75, 3.05) is 0 Å². The molecule has 0 fully saturated rings. The van der Waals surface area contributed by atoms with Gasteiger partial charge in [0.2, 0.25) is 0 Å². The molecular weight excluding hydrogens is 1050 g/mol. The third-order valence-corrected chi connectivity index (χ3v) is 24.3. The predicted octanol–water partition coefficient (Wildman–Crippen LogP) is 21.4. The van der Waals surface area contributed by atoms with Crippen LogP contribution in [0.15, 0.2) is 267 Å². The fourth-order valence-corrected chi connectivity index (χ4v) is 16.4. The van der Waals surface area contributed by atoms with Crippen molar-refractivity contribution in [1.29, 1.82) is 0 Å². The normalized spacial score (nSPS) is 12.5. The molecule has 0 saturated carbocycles. The van der Waals surface area contributed by atoms with E-state index in [0.717, 1.165) is 11.0 Å². The van der Waals surface area contributed by atoms with Crippen LogP contribution in [0.3, 0.4) is 0 Å². The summed E-state index contributed by atoms with van der Waals surface area (Å²) in [5.74, 6) is 0. The van der Waals surface area contributed by atoms with Crippen molar-refractivity contribution in [3.63, 3.8) is 0 Å². The van der Waals surface area contributed by atoms with E-state index in [1.165, 1.54) is 143 Å². The van der Waals surface area contributed by atoms with Gasteiger partial charge >= 0.3 is 0 Å². The molecule has 406 valence electrons. The Morgan fingerprint density at radius 2 is 0.471 bits per heavy atom. The third kappa shape index (κ3) is 7.23. The summed E-state index contributed by atoms with van der Waals surface area (Å²) in [7, 11) is -2.00. The van der Waals surface area contributed by atoms with Gasteiger partial charge in [0.05, 0.1) is 44.1 Å². The van der Waals surface area contributed by atoms with Gasteiger partial charge in [0.25, 0.3) is 0 Å². The summed E-state index contributed by atoms with van der Waals surface area (Å²) < 4.78 is 12.4. The lowest BCUT2D eigenvalue weighted by molar-refractivity contribution is 0.706. The van der Waals surface area contributed by atoms with Crippen LogP contribution in [0.5, 0.6) is 0 Å². The zero-order chi connectivity index (χ0) is 56.9. The summed E-state index contributed by atoms with van der Waals surface area (Å²) in [6.45, 7) is 12.3. The number of hydrogen-bond acceptors (Lipinski definition) is 0. The molecule has 85 heavy (non-hydrogen) atoms. The van der Waals surface area contributed by atoms with E-state index in [0.29, 0.717) is 0 Å². The second-order valence-electron chi connectivity index (χ2n) is 24.6. The zero-order valence-electron chi connectivity index (χ0n) is 48.1. The lowest BCUT2D eigenvalue weighted by Crippen LogP contribution is -2.45. The summed E-state index contributed by atoms with van der Waals surface area (Å²) in [5.41, 5.74) is 19.5. The summed E-state index contributed by atoms with van der Waals surface area (Å²) in [5, 5.41) is 15.5. The molecule has 0 saturated heterocycles. The minimum atomic E-state index is -2.00. The highest BCUT2D eigenvalue weighted by Crippen LogP contribution is 2.45. The van der Waals surface area contributed by atoms with Gasteiger partial charge in [-0.2, -0.15) is 0 Å². The first kappa shape index (κ1) is 49.3. The van der Waals surface area contributed by atoms with Crippen molar-refractivity contribution < 1.29 is 0 Å². The molecule has 18 aromatic rings. The zero-order valence-corrected chi connectivity index (χ0v) is 49.1. The van der Waals surface area contributed by atoms with Crippen LogP contribution < -0.4 is 0 Å². The Balaban J connectivity index is 0.000000135. The molecule has 0 aliphatic carbocycles. The molecule has 0 amide bonds. The number of aromatic nitrogens is 6. The SMILES string of the molecule is CC(C)(C)[Si](C)(C)n1c2ccc(-n3c4ccccc4c4ccccc43)cc2c2cc(-n3c4ccccc4c4ccccc43)ccc21.c1ccc2c(c1)c1ccccc1n2-c1ccc2[nH]c3ccc(-n4c5ccccc5c5ccccc54)cc3c2c1. The van der Waals surface area contributed by atoms with Crippen LogP contribution in [0, 0.1) is 0 Å². The smallest absolute Gasteiger partial charge is 0.161 e. The molecular formula is C78H60N6Si. The minimum absolute atomic E-state index is 0.170. The Morgan fingerprint density at radius 1 is 0.247 bits per heavy atom. The van der Waals surface area contributed by atoms with Crippen molar-refractivity contribution in [3.05, 3.63) is 267 Å². The molecule has 0 aliphatic rings. The average Bonchev–Trinajstić information content (AvgIpc) is 2.39. The van der Waals surface area contributed by atoms with E-state index in [1.807, 2.05) is 0 Å². The summed E-state index contributed by atoms with van der Waals surface area (Å²) in [6.07, 6.45) is 0. The topological polar surface area (TPSA) is 40.4 Å². The fourth-order valence-electron chi connectivity index (χ4n) is 14.2. The highest BCUT2D eigenvalue weighted by Gasteiger charge is 2.40. The number of aromatic amines is 1. The van der Waals surface area contributed by atoms with Crippen LogP contribution in [0.2, 0.25) is 18.1 Å². The summed E-state index contributed by atoms with van der Waals surface area (Å²) >= 11 is 0. The molecule has 7 heteroatoms. The van der Waals surface area contributed by atoms with Crippen LogP contribution in [-0.4, -0.2) is 35.7 Å². The minimum Gasteiger partial charge on any atom is -0.368 e. The Labute approximate surface area is 492 Å². The quantitative estimate of drug-likeness (QED) is 0.167. The number of hydrogen-bond donors (Lipinski definition) is 1. The van der Waals surface area contributed by atoms with Crippen LogP contribution in [0.4, 0.5) is 0 Å². The van der Waals surface area contributed by atoms with Crippen LogP contribution in [0.25, 0.3) is 154 Å². The molecule has 0 radical (unpaired) electrons. The van der Waals surface area contributed by atoms with Crippen molar-refractivity contribution in [2.24, 2.45) is 0 Å². The van der Waals surface area contributed by atoms with Gasteiger partial charge in [-0.25, -0.2) is 0 Å². The van der Waals surface area contributed by atoms with Gasteiger partial charge < -0.3 is 27.5 Å². The lowest BCUT2D eigenvalue weighted by atomic mass is 10.1. The standard InChI is InChI=1S/C42H37N3Si.C36H23N3/c1-42(2,3)46(4,5)45-40-24-22-28(43-36-18-10-6-14-30(36)31-15-7-11-19-37(31)43)26-34(40)35-27-29(23-25-41(35)45)44-38-20-12-8-16-32(38)33-17-9-13-21-39(33)44;1-5-13-33-25(9-1)26-10-2-6-14-34(26)38(33)23-17-19-31-29(21-23)30-22-24(18-20-32(30)37-31)39-35-15-7-3-11-27(35)28-12-4-8-16-36(28)39/h6-27H,1-5H3;1-22,37H. The van der Waals surface area contributed by atoms with E-state index in [-0.39, 0.29) is 5.04 Å². The highest BCUT2D eigenvalue weighted by molar-refractivity contribution is 6.80. The van der Waals surface area contributed by atoms with Gasteiger partial charge in [-0.3, -0.25) is 0 Å². The van der Waals surface area contributed by atoms with Gasteiger partial charge in [0, 0.05) is 109 Å². The Bertz CT molecular complexity index is 5210. The molecule has 1 N–H and O–H groups in total. The van der Waals surface area contributed by atoms with Crippen molar-refractivity contribution in [1.82, 2.24) is 27.5 Å². The lowest BCUT2D eigenvalue weighted by Gasteiger charge is -2.39. The maximum atomic E-state index is 3.65. The highest BCUT2D eigenvalue weighted by atomic mass is 28.3. The predicted molar refractivity (Wildman–Crippen MR) is 365 cm³/mol. The molecule has 6 heterocycles. The summed E-state index contributed by atoms with van der Waals surface area (Å²) in [6, 6.07) is 97.8. The number of rotatable bonds is 5. The third-order valence-electron chi connectivity index (χ3n) is 19.0. The Hall–Kier alpha value is -10.3. The number of fused-ring (bicyclic) bond motifs is 18. The molecule has 0 unspecified atom stereocenters. The maximum absolute atomic E-state index is 3.65. The molecule has 0 aliphatic heterocycles. The first-order valence-electron chi connectivity index (χ1n) is 29.7. The van der Waals surface area contributed by atoms with Crippen molar-refractivity contribution >= 4 is 139 Å². The van der Waals surface area contributed by atoms with Gasteiger partial charge in [-0.1, -0.05) is 179 Å². The van der Waals surface area contributed by atoms with E-state index in [2.05, 4.69) is 328 Å². The Morgan fingerprint density at radius 3 is 0.718 bits per heavy atom. The molecule has 6 aromatic heterocycles. The van der Waals surface area contributed by atoms with Crippen LogP contribution in [-0.2, 0) is 0 Å². The maximum Gasteiger partial charge on any atom is 0.161 e. The molecule has 6 nitrogen and oxygen atoms in total. The molecule has 12 aromatic carbocycles. The van der Waals surface area contributed by atoms with Gasteiger partial charge in [-0.05, 0) is 126 Å². The van der Waals surface area contributed by atoms with Crippen LogP contribution in [0.1, 0.15) is 20.8 Å². The van der Waals surface area contributed by atoms with Crippen molar-refractivity contribution in [2.45, 2.75) is 38.9 Å². The monoisotopic (exact) mass is 1110 g/mol. The first-order valence-corrected chi connectivity index (χ1v) is 32.6. The van der Waals surface area contributed by atoms with E-state index in [9.17, 15) is 0 Å². The van der Waals surface area contributed by atoms with E-state index < -0.39 is 8.24 Å². The Kier molecular flexibility index (Phi) is 10.6. The van der Waals surface area contributed by atoms with Gasteiger partial charge in [0.1, 0.15) is 0 Å².